The van der Waals surface area contributed by atoms with E-state index < -0.39 is 97.5 Å². The van der Waals surface area contributed by atoms with Crippen molar-refractivity contribution in [1.82, 2.24) is 0 Å². The predicted molar refractivity (Wildman–Crippen MR) is 386 cm³/mol. The number of rotatable bonds is 76. The largest absolute Gasteiger partial charge is 0.472 e. The molecule has 0 aliphatic rings. The topological polar surface area (TPSA) is 237 Å². The number of phosphoric ester groups is 2. The first-order valence-electron chi connectivity index (χ1n) is 39.6. The summed E-state index contributed by atoms with van der Waals surface area (Å²) in [5, 5.41) is 10.6. The molecule has 3 N–H and O–H groups in total. The van der Waals surface area contributed by atoms with Gasteiger partial charge in [0.15, 0.2) is 12.2 Å². The molecular formula is C76H148O17P2. The smallest absolute Gasteiger partial charge is 0.462 e. The van der Waals surface area contributed by atoms with Gasteiger partial charge in [0.05, 0.1) is 26.4 Å². The quantitative estimate of drug-likeness (QED) is 0.0222. The van der Waals surface area contributed by atoms with E-state index >= 15 is 0 Å². The fourth-order valence-corrected chi connectivity index (χ4v) is 13.3. The van der Waals surface area contributed by atoms with Gasteiger partial charge < -0.3 is 33.8 Å². The highest BCUT2D eigenvalue weighted by atomic mass is 31.2. The molecule has 0 aromatic carbocycles. The minimum absolute atomic E-state index is 0.108. The number of esters is 4. The molecule has 0 amide bonds. The van der Waals surface area contributed by atoms with Gasteiger partial charge in [0.1, 0.15) is 19.3 Å². The third-order valence-corrected chi connectivity index (χ3v) is 19.7. The standard InChI is InChI=1S/C76H148O17P2/c1-6-9-12-15-18-21-24-27-28-31-36-42-47-52-57-62-76(81)93-72(66-87-74(79)60-55-50-45-40-37-32-33-38-43-48-53-58-69(4)5)68-91-95(84,85)89-64-70(77)63-88-94(82,83)90-67-71(92-75(80)61-56-51-46-41-35-30-26-23-20-17-14-11-8-3)65-86-73(78)59-54-49-44-39-34-29-25-22-19-16-13-10-7-2/h69-72,77H,6-68H2,1-5H3,(H,82,83)(H,84,85)/t70-,71+,72+/m0/s1. The number of carbonyl (C=O) groups excluding carboxylic acids is 4. The average Bonchev–Trinajstić information content (AvgIpc) is 1.36. The number of ether oxygens (including phenoxy) is 4. The number of hydrogen-bond donors (Lipinski definition) is 3. The van der Waals surface area contributed by atoms with Gasteiger partial charge in [-0.15, -0.1) is 0 Å². The van der Waals surface area contributed by atoms with Gasteiger partial charge in [0.25, 0.3) is 0 Å². The van der Waals surface area contributed by atoms with Crippen molar-refractivity contribution >= 4 is 39.5 Å². The molecule has 0 radical (unpaired) electrons. The first kappa shape index (κ1) is 93.1. The summed E-state index contributed by atoms with van der Waals surface area (Å²) in [4.78, 5) is 72.9. The normalized spacial score (nSPS) is 13.9. The number of hydrogen-bond acceptors (Lipinski definition) is 15. The van der Waals surface area contributed by atoms with Crippen LogP contribution >= 0.6 is 15.6 Å². The first-order valence-corrected chi connectivity index (χ1v) is 42.6. The van der Waals surface area contributed by atoms with Crippen LogP contribution in [0.4, 0.5) is 0 Å². The van der Waals surface area contributed by atoms with Gasteiger partial charge in [-0.2, -0.15) is 0 Å². The highest BCUT2D eigenvalue weighted by Gasteiger charge is 2.30. The van der Waals surface area contributed by atoms with Crippen LogP contribution in [0.25, 0.3) is 0 Å². The zero-order valence-corrected chi connectivity index (χ0v) is 63.6. The summed E-state index contributed by atoms with van der Waals surface area (Å²) in [5.74, 6) is -1.34. The SMILES string of the molecule is CCCCCCCCCCCCCCCCCC(=O)O[C@H](COC(=O)CCCCCCCCCCCCCC(C)C)COP(=O)(O)OC[C@@H](O)COP(=O)(O)OC[C@@H](COC(=O)CCCCCCCCCCCCCCC)OC(=O)CCCCCCCCCCCCCCC. The van der Waals surface area contributed by atoms with Crippen molar-refractivity contribution in [2.45, 2.75) is 419 Å². The van der Waals surface area contributed by atoms with E-state index in [1.807, 2.05) is 0 Å². The molecule has 17 nitrogen and oxygen atoms in total. The van der Waals surface area contributed by atoms with Crippen LogP contribution in [0, 0.1) is 5.92 Å². The summed E-state index contributed by atoms with van der Waals surface area (Å²) >= 11 is 0. The maximum absolute atomic E-state index is 13.1. The Morgan fingerprint density at radius 1 is 0.284 bits per heavy atom. The van der Waals surface area contributed by atoms with E-state index in [-0.39, 0.29) is 25.7 Å². The van der Waals surface area contributed by atoms with Crippen molar-refractivity contribution in [1.29, 1.82) is 0 Å². The molecule has 0 aromatic rings. The first-order chi connectivity index (χ1) is 46.0. The van der Waals surface area contributed by atoms with E-state index in [0.29, 0.717) is 25.7 Å². The molecule has 0 fully saturated rings. The molecule has 0 aromatic heterocycles. The lowest BCUT2D eigenvalue weighted by atomic mass is 10.0. The Morgan fingerprint density at radius 3 is 0.716 bits per heavy atom. The fourth-order valence-electron chi connectivity index (χ4n) is 11.7. The molecule has 0 aliphatic carbocycles. The second-order valence-corrected chi connectivity index (χ2v) is 30.8. The zero-order valence-electron chi connectivity index (χ0n) is 61.8. The highest BCUT2D eigenvalue weighted by Crippen LogP contribution is 2.45. The Morgan fingerprint density at radius 2 is 0.484 bits per heavy atom. The molecule has 0 spiro atoms. The molecule has 0 saturated carbocycles. The Kier molecular flexibility index (Phi) is 67.7. The Labute approximate surface area is 581 Å². The molecular weight excluding hydrogens is 1250 g/mol. The highest BCUT2D eigenvalue weighted by molar-refractivity contribution is 7.47. The van der Waals surface area contributed by atoms with Crippen molar-refractivity contribution in [3.05, 3.63) is 0 Å². The second-order valence-electron chi connectivity index (χ2n) is 27.9. The maximum atomic E-state index is 13.1. The van der Waals surface area contributed by atoms with E-state index in [9.17, 15) is 43.2 Å². The summed E-state index contributed by atoms with van der Waals surface area (Å²) < 4.78 is 68.6. The Bertz CT molecular complexity index is 1820. The minimum Gasteiger partial charge on any atom is -0.462 e. The Hall–Kier alpha value is -1.94. The molecule has 0 saturated heterocycles. The molecule has 19 heteroatoms. The lowest BCUT2D eigenvalue weighted by Crippen LogP contribution is -2.30. The van der Waals surface area contributed by atoms with E-state index in [0.717, 1.165) is 95.8 Å². The van der Waals surface area contributed by atoms with Crippen molar-refractivity contribution in [3.63, 3.8) is 0 Å². The molecule has 0 aliphatic heterocycles. The van der Waals surface area contributed by atoms with Crippen LogP contribution in [-0.4, -0.2) is 96.7 Å². The number of carbonyl (C=O) groups is 4. The van der Waals surface area contributed by atoms with Gasteiger partial charge in [0.2, 0.25) is 0 Å². The van der Waals surface area contributed by atoms with Gasteiger partial charge >= 0.3 is 39.5 Å². The van der Waals surface area contributed by atoms with Gasteiger partial charge in [-0.05, 0) is 31.6 Å². The van der Waals surface area contributed by atoms with Crippen molar-refractivity contribution in [2.75, 3.05) is 39.6 Å². The van der Waals surface area contributed by atoms with E-state index in [1.165, 1.54) is 225 Å². The second kappa shape index (κ2) is 69.2. The summed E-state index contributed by atoms with van der Waals surface area (Å²) in [7, 11) is -9.91. The molecule has 2 unspecified atom stereocenters. The molecule has 0 bridgehead atoms. The van der Waals surface area contributed by atoms with Crippen LogP contribution in [-0.2, 0) is 65.4 Å². The Balaban J connectivity index is 5.26. The third-order valence-electron chi connectivity index (χ3n) is 17.8. The third kappa shape index (κ3) is 70.3. The van der Waals surface area contributed by atoms with Crippen LogP contribution in [0.5, 0.6) is 0 Å². The molecule has 0 heterocycles. The summed E-state index contributed by atoms with van der Waals surface area (Å²) in [6.07, 6.45) is 58.0. The maximum Gasteiger partial charge on any atom is 0.472 e. The monoisotopic (exact) mass is 1400 g/mol. The number of unbranched alkanes of at least 4 members (excludes halogenated alkanes) is 48. The molecule has 564 valence electrons. The van der Waals surface area contributed by atoms with Crippen molar-refractivity contribution < 1.29 is 80.2 Å². The van der Waals surface area contributed by atoms with Gasteiger partial charge in [-0.25, -0.2) is 9.13 Å². The number of aliphatic hydroxyl groups excluding tert-OH is 1. The van der Waals surface area contributed by atoms with E-state index in [1.54, 1.807) is 0 Å². The van der Waals surface area contributed by atoms with Crippen LogP contribution in [0.15, 0.2) is 0 Å². The van der Waals surface area contributed by atoms with Gasteiger partial charge in [-0.1, -0.05) is 349 Å². The predicted octanol–water partition coefficient (Wildman–Crippen LogP) is 22.5. The van der Waals surface area contributed by atoms with Gasteiger partial charge in [0, 0.05) is 25.7 Å². The van der Waals surface area contributed by atoms with E-state index in [4.69, 9.17) is 37.0 Å². The van der Waals surface area contributed by atoms with E-state index in [2.05, 4.69) is 34.6 Å². The van der Waals surface area contributed by atoms with Crippen molar-refractivity contribution in [2.24, 2.45) is 5.92 Å². The zero-order chi connectivity index (χ0) is 69.8. The molecule has 95 heavy (non-hydrogen) atoms. The van der Waals surface area contributed by atoms with Crippen LogP contribution in [0.2, 0.25) is 0 Å². The number of aliphatic hydroxyl groups is 1. The summed E-state index contributed by atoms with van der Waals surface area (Å²) in [6, 6.07) is 0. The lowest BCUT2D eigenvalue weighted by Gasteiger charge is -2.21. The van der Waals surface area contributed by atoms with Crippen LogP contribution in [0.3, 0.4) is 0 Å². The summed E-state index contributed by atoms with van der Waals surface area (Å²) in [5.41, 5.74) is 0. The van der Waals surface area contributed by atoms with Crippen LogP contribution < -0.4 is 0 Å². The number of phosphoric acid groups is 2. The molecule has 5 atom stereocenters. The molecule has 0 rings (SSSR count). The van der Waals surface area contributed by atoms with Crippen molar-refractivity contribution in [3.8, 4) is 0 Å². The minimum atomic E-state index is -4.96. The van der Waals surface area contributed by atoms with Crippen LogP contribution in [0.1, 0.15) is 401 Å². The fraction of sp³-hybridized carbons (Fsp3) is 0.947. The average molecular weight is 1400 g/mol. The van der Waals surface area contributed by atoms with Gasteiger partial charge in [-0.3, -0.25) is 37.3 Å². The summed E-state index contributed by atoms with van der Waals surface area (Å²) in [6.45, 7) is 7.31. The lowest BCUT2D eigenvalue weighted by molar-refractivity contribution is -0.161.